The van der Waals surface area contributed by atoms with Crippen molar-refractivity contribution >= 4 is 35.0 Å². The number of thioether (sulfide) groups is 1. The summed E-state index contributed by atoms with van der Waals surface area (Å²) < 4.78 is 2.26. The number of rotatable bonds is 7. The molecule has 1 fully saturated rings. The quantitative estimate of drug-likeness (QED) is 0.245. The lowest BCUT2D eigenvalue weighted by molar-refractivity contribution is -0.113. The van der Waals surface area contributed by atoms with Crippen LogP contribution in [-0.2, 0) is 4.79 Å². The van der Waals surface area contributed by atoms with Crippen molar-refractivity contribution in [1.82, 2.24) is 14.8 Å². The van der Waals surface area contributed by atoms with Crippen LogP contribution < -0.4 is 5.32 Å². The molecule has 0 spiro atoms. The summed E-state index contributed by atoms with van der Waals surface area (Å²) >= 11 is 7.83. The van der Waals surface area contributed by atoms with Crippen LogP contribution in [0.15, 0.2) is 71.9 Å². The first-order valence-electron chi connectivity index (χ1n) is 12.8. The number of halogens is 1. The second-order valence-electron chi connectivity index (χ2n) is 9.69. The van der Waals surface area contributed by atoms with Crippen LogP contribution in [0.5, 0.6) is 0 Å². The van der Waals surface area contributed by atoms with Gasteiger partial charge in [0.2, 0.25) is 5.91 Å². The minimum atomic E-state index is -0.106. The summed E-state index contributed by atoms with van der Waals surface area (Å²) in [5, 5.41) is 13.5. The number of aromatic nitrogens is 3. The molecule has 190 valence electrons. The Balaban J connectivity index is 1.37. The molecule has 0 aliphatic heterocycles. The number of hydrogen-bond donors (Lipinski definition) is 1. The van der Waals surface area contributed by atoms with E-state index in [9.17, 15) is 4.79 Å². The normalized spacial score (nSPS) is 14.0. The molecule has 5 rings (SSSR count). The molecule has 0 atom stereocenters. The molecule has 0 unspecified atom stereocenters. The van der Waals surface area contributed by atoms with Gasteiger partial charge in [0.25, 0.3) is 0 Å². The Labute approximate surface area is 227 Å². The Hall–Kier alpha value is -3.09. The first-order valence-corrected chi connectivity index (χ1v) is 14.2. The maximum Gasteiger partial charge on any atom is 0.234 e. The third kappa shape index (κ3) is 5.91. The van der Waals surface area contributed by atoms with E-state index >= 15 is 0 Å². The van der Waals surface area contributed by atoms with Crippen molar-refractivity contribution in [1.29, 1.82) is 0 Å². The molecule has 1 heterocycles. The van der Waals surface area contributed by atoms with Crippen LogP contribution in [0.25, 0.3) is 22.5 Å². The van der Waals surface area contributed by atoms with E-state index in [4.69, 9.17) is 11.6 Å². The molecule has 1 aliphatic carbocycles. The molecule has 4 aromatic rings. The van der Waals surface area contributed by atoms with Crippen molar-refractivity contribution in [2.24, 2.45) is 0 Å². The van der Waals surface area contributed by atoms with E-state index in [0.29, 0.717) is 16.8 Å². The van der Waals surface area contributed by atoms with Crippen LogP contribution in [0, 0.1) is 13.8 Å². The number of carbonyl (C=O) groups is 1. The van der Waals surface area contributed by atoms with Crippen molar-refractivity contribution in [2.45, 2.75) is 57.1 Å². The van der Waals surface area contributed by atoms with Gasteiger partial charge >= 0.3 is 0 Å². The number of anilines is 1. The minimum Gasteiger partial charge on any atom is -0.324 e. The standard InChI is InChI=1S/C30H31ClN4OS/c1-20-17-21(2)28(26(31)18-20)32-27(36)19-37-30-34-33-29(35(30)25-11-7-4-8-12-25)24-15-13-23(14-16-24)22-9-5-3-6-10-22/h3,5-6,9-10,13-18,25H,4,7-8,11-12,19H2,1-2H3,(H,32,36). The number of amides is 1. The molecular formula is C30H31ClN4OS. The van der Waals surface area contributed by atoms with Gasteiger partial charge in [0.1, 0.15) is 0 Å². The van der Waals surface area contributed by atoms with Gasteiger partial charge in [-0.15, -0.1) is 10.2 Å². The molecular weight excluding hydrogens is 500 g/mol. The first kappa shape index (κ1) is 25.6. The highest BCUT2D eigenvalue weighted by molar-refractivity contribution is 7.99. The fourth-order valence-electron chi connectivity index (χ4n) is 5.06. The second-order valence-corrected chi connectivity index (χ2v) is 11.0. The monoisotopic (exact) mass is 530 g/mol. The fraction of sp³-hybridized carbons (Fsp3) is 0.300. The number of carbonyl (C=O) groups excluding carboxylic acids is 1. The van der Waals surface area contributed by atoms with Crippen molar-refractivity contribution in [3.05, 3.63) is 82.9 Å². The van der Waals surface area contributed by atoms with E-state index in [-0.39, 0.29) is 11.7 Å². The van der Waals surface area contributed by atoms with Gasteiger partial charge in [-0.25, -0.2) is 0 Å². The molecule has 1 aliphatic rings. The van der Waals surface area contributed by atoms with Crippen LogP contribution >= 0.6 is 23.4 Å². The molecule has 37 heavy (non-hydrogen) atoms. The number of aryl methyl sites for hydroxylation is 2. The Kier molecular flexibility index (Phi) is 7.96. The summed E-state index contributed by atoms with van der Waals surface area (Å²) in [6, 6.07) is 23.1. The van der Waals surface area contributed by atoms with Gasteiger partial charge in [0.15, 0.2) is 11.0 Å². The lowest BCUT2D eigenvalue weighted by Gasteiger charge is -2.25. The van der Waals surface area contributed by atoms with Gasteiger partial charge in [-0.3, -0.25) is 9.36 Å². The van der Waals surface area contributed by atoms with Crippen molar-refractivity contribution < 1.29 is 4.79 Å². The fourth-order valence-corrected chi connectivity index (χ4v) is 6.24. The van der Waals surface area contributed by atoms with Crippen LogP contribution in [-0.4, -0.2) is 26.4 Å². The highest BCUT2D eigenvalue weighted by atomic mass is 35.5. The van der Waals surface area contributed by atoms with Gasteiger partial charge in [-0.2, -0.15) is 0 Å². The van der Waals surface area contributed by atoms with Gasteiger partial charge in [-0.1, -0.05) is 103 Å². The molecule has 3 aromatic carbocycles. The number of hydrogen-bond acceptors (Lipinski definition) is 4. The van der Waals surface area contributed by atoms with E-state index in [1.165, 1.54) is 42.2 Å². The van der Waals surface area contributed by atoms with Crippen molar-refractivity contribution in [2.75, 3.05) is 11.1 Å². The summed E-state index contributed by atoms with van der Waals surface area (Å²) in [5.74, 6) is 0.999. The molecule has 0 bridgehead atoms. The molecule has 5 nitrogen and oxygen atoms in total. The third-order valence-corrected chi connectivity index (χ3v) is 8.12. The summed E-state index contributed by atoms with van der Waals surface area (Å²) in [6.45, 7) is 3.95. The Morgan fingerprint density at radius 2 is 1.62 bits per heavy atom. The lowest BCUT2D eigenvalue weighted by Crippen LogP contribution is -2.18. The van der Waals surface area contributed by atoms with Crippen molar-refractivity contribution in [3.63, 3.8) is 0 Å². The Bertz CT molecular complexity index is 1360. The lowest BCUT2D eigenvalue weighted by atomic mass is 9.95. The molecule has 1 aromatic heterocycles. The molecule has 0 saturated heterocycles. The van der Waals surface area contributed by atoms with E-state index in [2.05, 4.69) is 68.6 Å². The summed E-state index contributed by atoms with van der Waals surface area (Å²) in [6.07, 6.45) is 5.87. The van der Waals surface area contributed by atoms with Gasteiger partial charge in [-0.05, 0) is 55.0 Å². The van der Waals surface area contributed by atoms with E-state index in [0.717, 1.165) is 40.5 Å². The highest BCUT2D eigenvalue weighted by Crippen LogP contribution is 2.36. The minimum absolute atomic E-state index is 0.106. The topological polar surface area (TPSA) is 59.8 Å². The highest BCUT2D eigenvalue weighted by Gasteiger charge is 2.24. The Morgan fingerprint density at radius 1 is 0.946 bits per heavy atom. The summed E-state index contributed by atoms with van der Waals surface area (Å²) in [5.41, 5.74) is 6.09. The number of benzene rings is 3. The molecule has 7 heteroatoms. The smallest absolute Gasteiger partial charge is 0.234 e. The zero-order valence-electron chi connectivity index (χ0n) is 21.2. The first-order chi connectivity index (χ1) is 18.0. The summed E-state index contributed by atoms with van der Waals surface area (Å²) in [7, 11) is 0. The van der Waals surface area contributed by atoms with Gasteiger partial charge in [0, 0.05) is 11.6 Å². The van der Waals surface area contributed by atoms with Gasteiger partial charge < -0.3 is 5.32 Å². The summed E-state index contributed by atoms with van der Waals surface area (Å²) in [4.78, 5) is 12.9. The van der Waals surface area contributed by atoms with Crippen LogP contribution in [0.2, 0.25) is 5.02 Å². The maximum absolute atomic E-state index is 12.9. The molecule has 0 radical (unpaired) electrons. The SMILES string of the molecule is Cc1cc(C)c(NC(=O)CSc2nnc(-c3ccc(-c4ccccc4)cc3)n2C2CCCCC2)c(Cl)c1. The predicted octanol–water partition coefficient (Wildman–Crippen LogP) is 8.12. The zero-order valence-corrected chi connectivity index (χ0v) is 22.8. The van der Waals surface area contributed by atoms with Crippen LogP contribution in [0.1, 0.15) is 49.3 Å². The Morgan fingerprint density at radius 3 is 2.32 bits per heavy atom. The molecule has 1 saturated carbocycles. The average molecular weight is 531 g/mol. The second kappa shape index (κ2) is 11.5. The van der Waals surface area contributed by atoms with Crippen molar-refractivity contribution in [3.8, 4) is 22.5 Å². The predicted molar refractivity (Wildman–Crippen MR) is 153 cm³/mol. The van der Waals surface area contributed by atoms with Crippen LogP contribution in [0.3, 0.4) is 0 Å². The largest absolute Gasteiger partial charge is 0.324 e. The average Bonchev–Trinajstić information content (AvgIpc) is 3.34. The maximum atomic E-state index is 12.9. The molecule has 1 amide bonds. The third-order valence-electron chi connectivity index (χ3n) is 6.88. The van der Waals surface area contributed by atoms with E-state index < -0.39 is 0 Å². The zero-order chi connectivity index (χ0) is 25.8. The number of nitrogens with one attached hydrogen (secondary N) is 1. The van der Waals surface area contributed by atoms with E-state index in [1.807, 2.05) is 32.0 Å². The van der Waals surface area contributed by atoms with Crippen LogP contribution in [0.4, 0.5) is 5.69 Å². The number of nitrogens with zero attached hydrogens (tertiary/aromatic N) is 3. The molecule has 1 N–H and O–H groups in total. The van der Waals surface area contributed by atoms with Gasteiger partial charge in [0.05, 0.1) is 16.5 Å². The van der Waals surface area contributed by atoms with E-state index in [1.54, 1.807) is 0 Å².